The zero-order valence-corrected chi connectivity index (χ0v) is 15.1. The van der Waals surface area contributed by atoms with Gasteiger partial charge in [0.15, 0.2) is 5.78 Å². The summed E-state index contributed by atoms with van der Waals surface area (Å²) in [6, 6.07) is 14.4. The second kappa shape index (κ2) is 8.96. The maximum atomic E-state index is 12.4. The summed E-state index contributed by atoms with van der Waals surface area (Å²) >= 11 is 6.61. The van der Waals surface area contributed by atoms with Crippen molar-refractivity contribution in [2.45, 2.75) is 0 Å². The first-order chi connectivity index (χ1) is 10.7. The van der Waals surface area contributed by atoms with Crippen LogP contribution in [0.15, 0.2) is 48.5 Å². The first kappa shape index (κ1) is 17.0. The van der Waals surface area contributed by atoms with E-state index >= 15 is 0 Å². The lowest BCUT2D eigenvalue weighted by atomic mass is 10.0. The van der Waals surface area contributed by atoms with Crippen molar-refractivity contribution in [1.82, 2.24) is 0 Å². The fourth-order valence-corrected chi connectivity index (χ4v) is 2.21. The van der Waals surface area contributed by atoms with E-state index in [-0.39, 0.29) is 5.78 Å². The lowest BCUT2D eigenvalue weighted by Gasteiger charge is -2.07. The van der Waals surface area contributed by atoms with Crippen LogP contribution in [0.2, 0.25) is 0 Å². The summed E-state index contributed by atoms with van der Waals surface area (Å²) < 4.78 is 10.9. The second-order valence-corrected chi connectivity index (χ2v) is 6.04. The van der Waals surface area contributed by atoms with Crippen LogP contribution < -0.4 is 9.47 Å². The number of rotatable bonds is 8. The van der Waals surface area contributed by atoms with E-state index in [2.05, 4.69) is 31.9 Å². The van der Waals surface area contributed by atoms with Gasteiger partial charge in [-0.25, -0.2) is 0 Å². The minimum Gasteiger partial charge on any atom is -0.493 e. The van der Waals surface area contributed by atoms with Crippen molar-refractivity contribution in [1.29, 1.82) is 0 Å². The van der Waals surface area contributed by atoms with Crippen molar-refractivity contribution in [2.24, 2.45) is 0 Å². The van der Waals surface area contributed by atoms with Crippen LogP contribution in [-0.2, 0) is 0 Å². The van der Waals surface area contributed by atoms with Gasteiger partial charge in [0.1, 0.15) is 11.5 Å². The number of carbonyl (C=O) groups excluding carboxylic acids is 1. The van der Waals surface area contributed by atoms with Gasteiger partial charge in [-0.2, -0.15) is 0 Å². The molecule has 22 heavy (non-hydrogen) atoms. The second-order valence-electron chi connectivity index (χ2n) is 4.45. The predicted molar refractivity (Wildman–Crippen MR) is 94.9 cm³/mol. The topological polar surface area (TPSA) is 35.5 Å². The van der Waals surface area contributed by atoms with Gasteiger partial charge >= 0.3 is 0 Å². The number of hydrogen-bond donors (Lipinski definition) is 0. The summed E-state index contributed by atoms with van der Waals surface area (Å²) in [5, 5.41) is 1.55. The maximum absolute atomic E-state index is 12.4. The molecule has 0 N–H and O–H groups in total. The number of hydrogen-bond acceptors (Lipinski definition) is 3. The molecule has 0 saturated carbocycles. The summed E-state index contributed by atoms with van der Waals surface area (Å²) in [6.45, 7) is 1.20. The average molecular weight is 428 g/mol. The van der Waals surface area contributed by atoms with Crippen LogP contribution in [0.3, 0.4) is 0 Å². The van der Waals surface area contributed by atoms with Gasteiger partial charge in [0.2, 0.25) is 0 Å². The Bertz CT molecular complexity index is 541. The third kappa shape index (κ3) is 4.85. The zero-order chi connectivity index (χ0) is 15.8. The van der Waals surface area contributed by atoms with E-state index in [9.17, 15) is 4.79 Å². The number of halogens is 2. The van der Waals surface area contributed by atoms with Gasteiger partial charge in [0, 0.05) is 21.8 Å². The average Bonchev–Trinajstić information content (AvgIpc) is 2.58. The minimum atomic E-state index is -0.0147. The molecule has 116 valence electrons. The van der Waals surface area contributed by atoms with Crippen LogP contribution >= 0.6 is 31.9 Å². The molecule has 2 rings (SSSR count). The molecule has 0 aliphatic carbocycles. The maximum Gasteiger partial charge on any atom is 0.193 e. The van der Waals surface area contributed by atoms with E-state index in [4.69, 9.17) is 9.47 Å². The van der Waals surface area contributed by atoms with Gasteiger partial charge in [0.05, 0.1) is 13.2 Å². The predicted octanol–water partition coefficient (Wildman–Crippen LogP) is 4.47. The Morgan fingerprint density at radius 1 is 0.727 bits per heavy atom. The lowest BCUT2D eigenvalue weighted by Crippen LogP contribution is -2.03. The first-order valence-corrected chi connectivity index (χ1v) is 9.11. The Balaban J connectivity index is 2.04. The number of ether oxygens (including phenoxy) is 2. The Hall–Kier alpha value is -1.33. The molecule has 0 atom stereocenters. The monoisotopic (exact) mass is 426 g/mol. The summed E-state index contributed by atoms with van der Waals surface area (Å²) in [5.74, 6) is 1.50. The van der Waals surface area contributed by atoms with E-state index in [1.165, 1.54) is 0 Å². The van der Waals surface area contributed by atoms with Crippen molar-refractivity contribution in [3.05, 3.63) is 59.7 Å². The molecule has 0 aromatic heterocycles. The molecule has 0 saturated heterocycles. The molecule has 3 nitrogen and oxygen atoms in total. The summed E-state index contributed by atoms with van der Waals surface area (Å²) in [4.78, 5) is 12.4. The van der Waals surface area contributed by atoms with Gasteiger partial charge in [-0.15, -0.1) is 0 Å². The van der Waals surface area contributed by atoms with Crippen molar-refractivity contribution in [2.75, 3.05) is 23.9 Å². The Morgan fingerprint density at radius 2 is 1.09 bits per heavy atom. The van der Waals surface area contributed by atoms with E-state index < -0.39 is 0 Å². The Kier molecular flexibility index (Phi) is 6.93. The molecule has 0 aliphatic rings. The van der Waals surface area contributed by atoms with Crippen LogP contribution in [0.4, 0.5) is 0 Å². The molecule has 0 bridgehead atoms. The highest BCUT2D eigenvalue weighted by atomic mass is 79.9. The molecular weight excluding hydrogens is 412 g/mol. The number of ketones is 1. The van der Waals surface area contributed by atoms with E-state index in [0.29, 0.717) is 24.3 Å². The SMILES string of the molecule is O=C(c1ccc(OCCBr)cc1)c1ccc(OCCBr)cc1. The van der Waals surface area contributed by atoms with Crippen molar-refractivity contribution >= 4 is 37.6 Å². The van der Waals surface area contributed by atoms with Gasteiger partial charge in [0.25, 0.3) is 0 Å². The molecule has 2 aromatic carbocycles. The Labute approximate surface area is 146 Å². The van der Waals surface area contributed by atoms with E-state index in [0.717, 1.165) is 22.2 Å². The molecule has 0 amide bonds. The van der Waals surface area contributed by atoms with Gasteiger partial charge in [-0.1, -0.05) is 31.9 Å². The third-order valence-electron chi connectivity index (χ3n) is 2.92. The highest BCUT2D eigenvalue weighted by Gasteiger charge is 2.09. The number of carbonyl (C=O) groups is 1. The highest BCUT2D eigenvalue weighted by molar-refractivity contribution is 9.09. The summed E-state index contributed by atoms with van der Waals surface area (Å²) in [7, 11) is 0. The van der Waals surface area contributed by atoms with Gasteiger partial charge in [-0.3, -0.25) is 4.79 Å². The van der Waals surface area contributed by atoms with Crippen LogP contribution in [0.25, 0.3) is 0 Å². The minimum absolute atomic E-state index is 0.0147. The van der Waals surface area contributed by atoms with Crippen molar-refractivity contribution < 1.29 is 14.3 Å². The normalized spacial score (nSPS) is 10.3. The molecule has 0 heterocycles. The molecular formula is C17H16Br2O3. The lowest BCUT2D eigenvalue weighted by molar-refractivity contribution is 0.103. The molecule has 0 aliphatic heterocycles. The van der Waals surface area contributed by atoms with Gasteiger partial charge in [-0.05, 0) is 48.5 Å². The Morgan fingerprint density at radius 3 is 1.41 bits per heavy atom. The summed E-state index contributed by atoms with van der Waals surface area (Å²) in [5.41, 5.74) is 1.28. The third-order valence-corrected chi connectivity index (χ3v) is 3.57. The molecule has 0 fully saturated rings. The molecule has 0 spiro atoms. The largest absolute Gasteiger partial charge is 0.493 e. The quantitative estimate of drug-likeness (QED) is 0.460. The summed E-state index contributed by atoms with van der Waals surface area (Å²) in [6.07, 6.45) is 0. The van der Waals surface area contributed by atoms with Gasteiger partial charge < -0.3 is 9.47 Å². The number of benzene rings is 2. The van der Waals surface area contributed by atoms with Crippen LogP contribution in [-0.4, -0.2) is 29.7 Å². The van der Waals surface area contributed by atoms with E-state index in [1.54, 1.807) is 24.3 Å². The standard InChI is InChI=1S/C17H16Br2O3/c18-9-11-21-15-5-1-13(2-6-15)17(20)14-3-7-16(8-4-14)22-12-10-19/h1-8H,9-12H2. The first-order valence-electron chi connectivity index (χ1n) is 6.87. The molecule has 0 radical (unpaired) electrons. The molecule has 2 aromatic rings. The fraction of sp³-hybridized carbons (Fsp3) is 0.235. The smallest absolute Gasteiger partial charge is 0.193 e. The highest BCUT2D eigenvalue weighted by Crippen LogP contribution is 2.18. The van der Waals surface area contributed by atoms with E-state index in [1.807, 2.05) is 24.3 Å². The number of alkyl halides is 2. The van der Waals surface area contributed by atoms with Crippen LogP contribution in [0.5, 0.6) is 11.5 Å². The van der Waals surface area contributed by atoms with Crippen molar-refractivity contribution in [3.8, 4) is 11.5 Å². The molecule has 0 unspecified atom stereocenters. The fourth-order valence-electron chi connectivity index (χ4n) is 1.88. The van der Waals surface area contributed by atoms with Crippen molar-refractivity contribution in [3.63, 3.8) is 0 Å². The molecule has 5 heteroatoms. The van der Waals surface area contributed by atoms with Crippen LogP contribution in [0.1, 0.15) is 15.9 Å². The van der Waals surface area contributed by atoms with Crippen LogP contribution in [0, 0.1) is 0 Å². The zero-order valence-electron chi connectivity index (χ0n) is 11.9.